The standard InChI is InChI=1S/C24H33NO2/c1-3-17-11-19(26)14-24-9-10-25(15-16-5-4-6-16)22(23(17)24)12-18-7-8-20(27-2)13-21(18)24/h7-8,13,16-17,22-23H,3-6,9-12,14-15H2,1-2H3/t17-,22-,23+,24-/m1/s1. The van der Waals surface area contributed by atoms with Gasteiger partial charge in [-0.05, 0) is 73.2 Å². The molecule has 0 amide bonds. The molecule has 0 radical (unpaired) electrons. The molecule has 3 heteroatoms. The van der Waals surface area contributed by atoms with Crippen molar-refractivity contribution in [2.24, 2.45) is 17.8 Å². The number of ether oxygens (including phenoxy) is 1. The van der Waals surface area contributed by atoms with E-state index in [9.17, 15) is 4.79 Å². The zero-order valence-electron chi connectivity index (χ0n) is 16.9. The molecule has 0 N–H and O–H groups in total. The van der Waals surface area contributed by atoms with Crippen LogP contribution in [0.25, 0.3) is 0 Å². The SMILES string of the molecule is CC[C@@H]1CC(=O)C[C@]23CCN(CC4CCC4)[C@H](Cc4ccc(OC)cc42)[C@H]13. The maximum atomic E-state index is 12.8. The lowest BCUT2D eigenvalue weighted by molar-refractivity contribution is -0.132. The van der Waals surface area contributed by atoms with Crippen LogP contribution in [-0.2, 0) is 16.6 Å². The summed E-state index contributed by atoms with van der Waals surface area (Å²) in [5.41, 5.74) is 2.97. The van der Waals surface area contributed by atoms with Crippen LogP contribution in [0.2, 0.25) is 0 Å². The van der Waals surface area contributed by atoms with Crippen molar-refractivity contribution in [3.8, 4) is 5.75 Å². The molecule has 2 saturated carbocycles. The van der Waals surface area contributed by atoms with Crippen LogP contribution in [0.5, 0.6) is 5.75 Å². The molecule has 2 bridgehead atoms. The van der Waals surface area contributed by atoms with Crippen LogP contribution in [0.3, 0.4) is 0 Å². The van der Waals surface area contributed by atoms with Gasteiger partial charge in [-0.2, -0.15) is 0 Å². The Morgan fingerprint density at radius 2 is 2.11 bits per heavy atom. The second kappa shape index (κ2) is 6.62. The first-order chi connectivity index (χ1) is 13.1. The highest BCUT2D eigenvalue weighted by molar-refractivity contribution is 5.82. The summed E-state index contributed by atoms with van der Waals surface area (Å²) in [7, 11) is 1.75. The van der Waals surface area contributed by atoms with Crippen molar-refractivity contribution in [1.29, 1.82) is 0 Å². The third kappa shape index (κ3) is 2.68. The number of carbonyl (C=O) groups is 1. The summed E-state index contributed by atoms with van der Waals surface area (Å²) < 4.78 is 5.57. The number of ketones is 1. The monoisotopic (exact) mass is 367 g/mol. The molecular weight excluding hydrogens is 334 g/mol. The number of carbonyl (C=O) groups excluding carboxylic acids is 1. The number of hydrogen-bond acceptors (Lipinski definition) is 3. The summed E-state index contributed by atoms with van der Waals surface area (Å²) in [5, 5.41) is 0. The Morgan fingerprint density at radius 1 is 1.26 bits per heavy atom. The summed E-state index contributed by atoms with van der Waals surface area (Å²) in [6, 6.07) is 7.29. The average molecular weight is 368 g/mol. The van der Waals surface area contributed by atoms with Gasteiger partial charge in [-0.1, -0.05) is 25.8 Å². The number of methoxy groups -OCH3 is 1. The van der Waals surface area contributed by atoms with Crippen molar-refractivity contribution in [3.63, 3.8) is 0 Å². The molecule has 0 unspecified atom stereocenters. The minimum Gasteiger partial charge on any atom is -0.497 e. The number of hydrogen-bond donors (Lipinski definition) is 0. The summed E-state index contributed by atoms with van der Waals surface area (Å²) in [6.07, 6.45) is 9.24. The van der Waals surface area contributed by atoms with Crippen LogP contribution in [0.15, 0.2) is 18.2 Å². The normalized spacial score (nSPS) is 35.9. The summed E-state index contributed by atoms with van der Waals surface area (Å²) >= 11 is 0. The van der Waals surface area contributed by atoms with Gasteiger partial charge in [0.1, 0.15) is 11.5 Å². The molecule has 27 heavy (non-hydrogen) atoms. The van der Waals surface area contributed by atoms with E-state index in [2.05, 4.69) is 30.0 Å². The van der Waals surface area contributed by atoms with Crippen molar-refractivity contribution < 1.29 is 9.53 Å². The van der Waals surface area contributed by atoms with Crippen molar-refractivity contribution in [1.82, 2.24) is 4.90 Å². The van der Waals surface area contributed by atoms with Crippen LogP contribution in [0.4, 0.5) is 0 Å². The van der Waals surface area contributed by atoms with Gasteiger partial charge in [-0.3, -0.25) is 9.69 Å². The number of Topliss-reactive ketones (excluding diaryl/α,β-unsaturated/α-hetero) is 1. The fourth-order valence-corrected chi connectivity index (χ4v) is 6.93. The van der Waals surface area contributed by atoms with Crippen LogP contribution in [0, 0.1) is 17.8 Å². The predicted molar refractivity (Wildman–Crippen MR) is 107 cm³/mol. The molecule has 1 aromatic carbocycles. The van der Waals surface area contributed by atoms with Crippen molar-refractivity contribution in [3.05, 3.63) is 29.3 Å². The van der Waals surface area contributed by atoms with E-state index in [-0.39, 0.29) is 5.41 Å². The Hall–Kier alpha value is -1.35. The van der Waals surface area contributed by atoms with Crippen LogP contribution < -0.4 is 4.74 Å². The van der Waals surface area contributed by atoms with Gasteiger partial charge in [-0.25, -0.2) is 0 Å². The topological polar surface area (TPSA) is 29.5 Å². The summed E-state index contributed by atoms with van der Waals surface area (Å²) in [6.45, 7) is 4.75. The molecular formula is C24H33NO2. The maximum Gasteiger partial charge on any atom is 0.134 e. The second-order valence-electron chi connectivity index (χ2n) is 9.61. The van der Waals surface area contributed by atoms with Gasteiger partial charge in [0.25, 0.3) is 0 Å². The van der Waals surface area contributed by atoms with E-state index in [1.54, 1.807) is 7.11 Å². The molecule has 3 aliphatic carbocycles. The highest BCUT2D eigenvalue weighted by atomic mass is 16.5. The third-order valence-electron chi connectivity index (χ3n) is 8.40. The minimum absolute atomic E-state index is 0.0545. The Morgan fingerprint density at radius 3 is 2.81 bits per heavy atom. The molecule has 3 nitrogen and oxygen atoms in total. The lowest BCUT2D eigenvalue weighted by Crippen LogP contribution is -2.64. The third-order valence-corrected chi connectivity index (χ3v) is 8.40. The molecule has 1 aliphatic heterocycles. The lowest BCUT2D eigenvalue weighted by Gasteiger charge is -2.61. The van der Waals surface area contributed by atoms with Gasteiger partial charge < -0.3 is 4.74 Å². The molecule has 3 fully saturated rings. The first-order valence-electron chi connectivity index (χ1n) is 11.1. The minimum atomic E-state index is 0.0545. The first kappa shape index (κ1) is 17.7. The molecule has 1 saturated heterocycles. The maximum absolute atomic E-state index is 12.8. The van der Waals surface area contributed by atoms with E-state index >= 15 is 0 Å². The average Bonchev–Trinajstić information content (AvgIpc) is 2.64. The number of rotatable bonds is 4. The van der Waals surface area contributed by atoms with E-state index in [0.29, 0.717) is 23.7 Å². The quantitative estimate of drug-likeness (QED) is 0.791. The zero-order valence-corrected chi connectivity index (χ0v) is 16.9. The van der Waals surface area contributed by atoms with Crippen LogP contribution in [-0.4, -0.2) is 36.9 Å². The lowest BCUT2D eigenvalue weighted by atomic mass is 9.49. The van der Waals surface area contributed by atoms with Gasteiger partial charge in [0, 0.05) is 30.8 Å². The van der Waals surface area contributed by atoms with Gasteiger partial charge >= 0.3 is 0 Å². The van der Waals surface area contributed by atoms with Crippen molar-refractivity contribution in [2.45, 2.75) is 69.7 Å². The van der Waals surface area contributed by atoms with Gasteiger partial charge in [-0.15, -0.1) is 0 Å². The number of piperidine rings is 1. The van der Waals surface area contributed by atoms with Crippen molar-refractivity contribution >= 4 is 5.78 Å². The smallest absolute Gasteiger partial charge is 0.134 e. The number of likely N-dealkylation sites (tertiary alicyclic amines) is 1. The Bertz CT molecular complexity index is 740. The van der Waals surface area contributed by atoms with Gasteiger partial charge in [0.2, 0.25) is 0 Å². The number of benzene rings is 1. The van der Waals surface area contributed by atoms with Crippen molar-refractivity contribution in [2.75, 3.05) is 20.2 Å². The Balaban J connectivity index is 1.59. The second-order valence-corrected chi connectivity index (χ2v) is 9.61. The highest BCUT2D eigenvalue weighted by Crippen LogP contribution is 2.58. The molecule has 4 atom stereocenters. The van der Waals surface area contributed by atoms with Gasteiger partial charge in [0.15, 0.2) is 0 Å². The predicted octanol–water partition coefficient (Wildman–Crippen LogP) is 4.37. The summed E-state index contributed by atoms with van der Waals surface area (Å²) in [4.78, 5) is 15.6. The van der Waals surface area contributed by atoms with E-state index in [1.165, 1.54) is 36.9 Å². The highest BCUT2D eigenvalue weighted by Gasteiger charge is 2.58. The molecule has 1 heterocycles. The first-order valence-corrected chi connectivity index (χ1v) is 11.1. The number of nitrogens with zero attached hydrogens (tertiary/aromatic N) is 1. The largest absolute Gasteiger partial charge is 0.497 e. The van der Waals surface area contributed by atoms with E-state index < -0.39 is 0 Å². The van der Waals surface area contributed by atoms with E-state index in [0.717, 1.165) is 50.3 Å². The van der Waals surface area contributed by atoms with Crippen LogP contribution in [0.1, 0.15) is 63.0 Å². The molecule has 1 aromatic rings. The molecule has 0 aromatic heterocycles. The molecule has 4 aliphatic rings. The number of fused-ring (bicyclic) bond motifs is 1. The fraction of sp³-hybridized carbons (Fsp3) is 0.708. The zero-order chi connectivity index (χ0) is 18.6. The van der Waals surface area contributed by atoms with E-state index in [1.807, 2.05) is 0 Å². The molecule has 0 spiro atoms. The van der Waals surface area contributed by atoms with Gasteiger partial charge in [0.05, 0.1) is 7.11 Å². The van der Waals surface area contributed by atoms with E-state index in [4.69, 9.17) is 4.74 Å². The molecule has 5 rings (SSSR count). The molecule has 146 valence electrons. The fourth-order valence-electron chi connectivity index (χ4n) is 6.93. The Labute approximate surface area is 163 Å². The summed E-state index contributed by atoms with van der Waals surface area (Å²) in [5.74, 6) is 3.52. The van der Waals surface area contributed by atoms with Crippen LogP contribution >= 0.6 is 0 Å². The Kier molecular flexibility index (Phi) is 4.34.